The molecule has 1 amide bonds. The fourth-order valence-corrected chi connectivity index (χ4v) is 4.30. The van der Waals surface area contributed by atoms with Crippen LogP contribution in [0.25, 0.3) is 0 Å². The third kappa shape index (κ3) is 3.10. The molecule has 1 saturated heterocycles. The van der Waals surface area contributed by atoms with Crippen molar-refractivity contribution in [2.45, 2.75) is 31.8 Å². The van der Waals surface area contributed by atoms with Crippen molar-refractivity contribution in [2.75, 3.05) is 19.7 Å². The SMILES string of the molecule is CCOC1(c2cc(F)cc(C(N)=O)c2)C2CCCC1CNC2.Cl. The summed E-state index contributed by atoms with van der Waals surface area (Å²) in [4.78, 5) is 11.5. The van der Waals surface area contributed by atoms with Gasteiger partial charge in [-0.15, -0.1) is 12.4 Å². The van der Waals surface area contributed by atoms with E-state index in [-0.39, 0.29) is 18.0 Å². The summed E-state index contributed by atoms with van der Waals surface area (Å²) in [6.45, 7) is 4.25. The van der Waals surface area contributed by atoms with Crippen LogP contribution in [-0.2, 0) is 10.3 Å². The molecule has 23 heavy (non-hydrogen) atoms. The molecule has 2 fully saturated rings. The van der Waals surface area contributed by atoms with Crippen LogP contribution in [0.3, 0.4) is 0 Å². The first-order chi connectivity index (χ1) is 10.6. The number of amides is 1. The molecule has 1 heterocycles. The third-order valence-corrected chi connectivity index (χ3v) is 5.12. The van der Waals surface area contributed by atoms with Gasteiger partial charge < -0.3 is 15.8 Å². The van der Waals surface area contributed by atoms with Crippen molar-refractivity contribution in [3.63, 3.8) is 0 Å². The number of hydrogen-bond donors (Lipinski definition) is 2. The van der Waals surface area contributed by atoms with Crippen LogP contribution in [0.4, 0.5) is 4.39 Å². The molecule has 6 heteroatoms. The quantitative estimate of drug-likeness (QED) is 0.884. The topological polar surface area (TPSA) is 64.3 Å². The predicted octanol–water partition coefficient (Wildman–Crippen LogP) is 2.60. The molecule has 128 valence electrons. The highest BCUT2D eigenvalue weighted by molar-refractivity contribution is 5.93. The zero-order valence-corrected chi connectivity index (χ0v) is 14.1. The van der Waals surface area contributed by atoms with Gasteiger partial charge in [-0.1, -0.05) is 6.42 Å². The predicted molar refractivity (Wildman–Crippen MR) is 89.2 cm³/mol. The Hall–Kier alpha value is -1.17. The van der Waals surface area contributed by atoms with E-state index in [1.165, 1.54) is 18.6 Å². The number of nitrogens with one attached hydrogen (secondary N) is 1. The molecule has 4 nitrogen and oxygen atoms in total. The average Bonchev–Trinajstić information content (AvgIpc) is 2.46. The van der Waals surface area contributed by atoms with E-state index in [9.17, 15) is 9.18 Å². The van der Waals surface area contributed by atoms with Gasteiger partial charge >= 0.3 is 0 Å². The van der Waals surface area contributed by atoms with Crippen LogP contribution in [-0.4, -0.2) is 25.6 Å². The fraction of sp³-hybridized carbons (Fsp3) is 0.588. The molecule has 2 unspecified atom stereocenters. The maximum Gasteiger partial charge on any atom is 0.248 e. The van der Waals surface area contributed by atoms with Gasteiger partial charge in [0.15, 0.2) is 0 Å². The van der Waals surface area contributed by atoms with Crippen molar-refractivity contribution in [1.82, 2.24) is 5.32 Å². The van der Waals surface area contributed by atoms with Gasteiger partial charge in [0.25, 0.3) is 0 Å². The summed E-state index contributed by atoms with van der Waals surface area (Å²) in [5, 5.41) is 3.46. The highest BCUT2D eigenvalue weighted by Gasteiger charge is 2.51. The molecule has 1 aliphatic carbocycles. The van der Waals surface area contributed by atoms with E-state index in [1.54, 1.807) is 6.07 Å². The molecule has 2 bridgehead atoms. The van der Waals surface area contributed by atoms with E-state index >= 15 is 0 Å². The molecular weight excluding hydrogens is 319 g/mol. The Labute approximate surface area is 142 Å². The van der Waals surface area contributed by atoms with E-state index in [4.69, 9.17) is 10.5 Å². The van der Waals surface area contributed by atoms with Crippen LogP contribution in [0.5, 0.6) is 0 Å². The molecule has 2 aliphatic rings. The fourth-order valence-electron chi connectivity index (χ4n) is 4.30. The van der Waals surface area contributed by atoms with Crippen molar-refractivity contribution in [3.8, 4) is 0 Å². The van der Waals surface area contributed by atoms with Gasteiger partial charge in [-0.3, -0.25) is 4.79 Å². The van der Waals surface area contributed by atoms with E-state index < -0.39 is 17.3 Å². The lowest BCUT2D eigenvalue weighted by atomic mass is 9.62. The minimum Gasteiger partial charge on any atom is -0.370 e. The van der Waals surface area contributed by atoms with E-state index in [0.717, 1.165) is 31.5 Å². The number of primary amides is 1. The van der Waals surface area contributed by atoms with Crippen molar-refractivity contribution in [2.24, 2.45) is 17.6 Å². The molecule has 1 aliphatic heterocycles. The van der Waals surface area contributed by atoms with Crippen LogP contribution < -0.4 is 11.1 Å². The van der Waals surface area contributed by atoms with Crippen LogP contribution in [0, 0.1) is 17.7 Å². The number of piperidine rings is 1. The summed E-state index contributed by atoms with van der Waals surface area (Å²) in [6.07, 6.45) is 3.27. The molecule has 1 aromatic rings. The van der Waals surface area contributed by atoms with Crippen LogP contribution >= 0.6 is 12.4 Å². The Kier molecular flexibility index (Phi) is 5.65. The first-order valence-corrected chi connectivity index (χ1v) is 8.03. The summed E-state index contributed by atoms with van der Waals surface area (Å²) < 4.78 is 20.3. The third-order valence-electron chi connectivity index (χ3n) is 5.12. The zero-order valence-electron chi connectivity index (χ0n) is 13.3. The summed E-state index contributed by atoms with van der Waals surface area (Å²) in [5.74, 6) is -0.446. The van der Waals surface area contributed by atoms with Gasteiger partial charge in [0, 0.05) is 37.1 Å². The summed E-state index contributed by atoms with van der Waals surface area (Å²) >= 11 is 0. The van der Waals surface area contributed by atoms with Crippen LogP contribution in [0.1, 0.15) is 42.1 Å². The molecule has 1 aromatic carbocycles. The van der Waals surface area contributed by atoms with Crippen molar-refractivity contribution >= 4 is 18.3 Å². The monoisotopic (exact) mass is 342 g/mol. The van der Waals surface area contributed by atoms with Crippen molar-refractivity contribution < 1.29 is 13.9 Å². The number of benzene rings is 1. The van der Waals surface area contributed by atoms with Crippen LogP contribution in [0.2, 0.25) is 0 Å². The van der Waals surface area contributed by atoms with Gasteiger partial charge in [-0.05, 0) is 43.5 Å². The highest BCUT2D eigenvalue weighted by atomic mass is 35.5. The Morgan fingerprint density at radius 3 is 2.57 bits per heavy atom. The first-order valence-electron chi connectivity index (χ1n) is 8.03. The number of hydrogen-bond acceptors (Lipinski definition) is 3. The number of carbonyl (C=O) groups is 1. The molecule has 0 aromatic heterocycles. The molecule has 3 rings (SSSR count). The van der Waals surface area contributed by atoms with Gasteiger partial charge in [-0.25, -0.2) is 4.39 Å². The summed E-state index contributed by atoms with van der Waals surface area (Å²) in [5.41, 5.74) is 5.82. The largest absolute Gasteiger partial charge is 0.370 e. The molecule has 0 spiro atoms. The maximum absolute atomic E-state index is 14.1. The zero-order chi connectivity index (χ0) is 15.7. The maximum atomic E-state index is 14.1. The summed E-state index contributed by atoms with van der Waals surface area (Å²) in [7, 11) is 0. The normalized spacial score (nSPS) is 29.7. The second-order valence-electron chi connectivity index (χ2n) is 6.30. The minimum absolute atomic E-state index is 0. The lowest BCUT2D eigenvalue weighted by Gasteiger charge is -2.53. The second-order valence-corrected chi connectivity index (χ2v) is 6.30. The number of ether oxygens (including phenoxy) is 1. The average molecular weight is 343 g/mol. The molecule has 3 N–H and O–H groups in total. The lowest BCUT2D eigenvalue weighted by molar-refractivity contribution is -0.161. The number of fused-ring (bicyclic) bond motifs is 2. The van der Waals surface area contributed by atoms with Gasteiger partial charge in [0.1, 0.15) is 11.4 Å². The van der Waals surface area contributed by atoms with E-state index in [1.807, 2.05) is 6.92 Å². The summed E-state index contributed by atoms with van der Waals surface area (Å²) in [6, 6.07) is 4.43. The first kappa shape index (κ1) is 18.2. The Bertz CT molecular complexity index is 560. The molecule has 1 saturated carbocycles. The minimum atomic E-state index is -0.605. The molecule has 0 radical (unpaired) electrons. The van der Waals surface area contributed by atoms with E-state index in [0.29, 0.717) is 18.4 Å². The standard InChI is InChI=1S/C17H23FN2O2.ClH/c1-2-22-17(12-4-3-5-13(17)10-20-9-12)14-6-11(16(19)21)7-15(18)8-14;/h6-8,12-13,20H,2-5,9-10H2,1H3,(H2,19,21);1H. The van der Waals surface area contributed by atoms with Crippen molar-refractivity contribution in [3.05, 3.63) is 35.1 Å². The molecular formula is C17H24ClFN2O2. The van der Waals surface area contributed by atoms with Gasteiger partial charge in [0.2, 0.25) is 5.91 Å². The van der Waals surface area contributed by atoms with Crippen molar-refractivity contribution in [1.29, 1.82) is 0 Å². The highest BCUT2D eigenvalue weighted by Crippen LogP contribution is 2.50. The Morgan fingerprint density at radius 2 is 2.00 bits per heavy atom. The smallest absolute Gasteiger partial charge is 0.248 e. The number of rotatable bonds is 4. The number of carbonyl (C=O) groups excluding carboxylic acids is 1. The van der Waals surface area contributed by atoms with Gasteiger partial charge in [0.05, 0.1) is 0 Å². The van der Waals surface area contributed by atoms with Gasteiger partial charge in [-0.2, -0.15) is 0 Å². The lowest BCUT2D eigenvalue weighted by Crippen LogP contribution is -2.58. The number of nitrogens with two attached hydrogens (primary N) is 1. The van der Waals surface area contributed by atoms with Crippen LogP contribution in [0.15, 0.2) is 18.2 Å². The molecule has 2 atom stereocenters. The number of halogens is 2. The Morgan fingerprint density at radius 1 is 1.35 bits per heavy atom. The second kappa shape index (κ2) is 7.16. The Balaban J connectivity index is 0.00000192. The van der Waals surface area contributed by atoms with E-state index in [2.05, 4.69) is 5.32 Å².